The van der Waals surface area contributed by atoms with Gasteiger partial charge in [-0.05, 0) is 66.8 Å². The van der Waals surface area contributed by atoms with E-state index in [2.05, 4.69) is 33.8 Å². The highest BCUT2D eigenvalue weighted by molar-refractivity contribution is 5.89. The van der Waals surface area contributed by atoms with E-state index in [0.717, 1.165) is 25.7 Å². The van der Waals surface area contributed by atoms with E-state index >= 15 is 0 Å². The van der Waals surface area contributed by atoms with Crippen LogP contribution >= 0.6 is 0 Å². The van der Waals surface area contributed by atoms with Crippen LogP contribution in [-0.4, -0.2) is 35.0 Å². The summed E-state index contributed by atoms with van der Waals surface area (Å²) in [5, 5.41) is 9.90. The van der Waals surface area contributed by atoms with Crippen molar-refractivity contribution in [3.8, 4) is 0 Å². The minimum atomic E-state index is -0.601. The summed E-state index contributed by atoms with van der Waals surface area (Å²) in [6, 6.07) is 0.273. The first-order valence-electron chi connectivity index (χ1n) is 10.3. The van der Waals surface area contributed by atoms with E-state index in [4.69, 9.17) is 0 Å². The van der Waals surface area contributed by atoms with Crippen LogP contribution in [-0.2, 0) is 9.59 Å². The van der Waals surface area contributed by atoms with E-state index < -0.39 is 5.97 Å². The number of fused-ring (bicyclic) bond motifs is 5. The molecule has 0 radical (unpaired) electrons. The van der Waals surface area contributed by atoms with Crippen molar-refractivity contribution >= 4 is 11.9 Å². The second kappa shape index (κ2) is 5.59. The van der Waals surface area contributed by atoms with Crippen LogP contribution in [0.25, 0.3) is 0 Å². The van der Waals surface area contributed by atoms with Gasteiger partial charge in [0.25, 0.3) is 0 Å². The monoisotopic (exact) mass is 359 g/mol. The molecule has 4 aliphatic rings. The number of nitrogens with zero attached hydrogens (tertiary/aromatic N) is 1. The Morgan fingerprint density at radius 2 is 1.88 bits per heavy atom. The molecule has 26 heavy (non-hydrogen) atoms. The van der Waals surface area contributed by atoms with Gasteiger partial charge in [-0.25, -0.2) is 0 Å². The highest BCUT2D eigenvalue weighted by Gasteiger charge is 2.64. The van der Waals surface area contributed by atoms with Crippen LogP contribution in [0.1, 0.15) is 53.4 Å². The lowest BCUT2D eigenvalue weighted by molar-refractivity contribution is -0.157. The first-order valence-corrected chi connectivity index (χ1v) is 10.3. The average Bonchev–Trinajstić information content (AvgIpc) is 2.83. The number of hydrogen-bond donors (Lipinski definition) is 1. The molecule has 0 saturated heterocycles. The SMILES string of the molecule is CC1CC2N(C)C(=O)C=CC2(C)C2CCC3(C)C(CC(C)C3C(=O)O)C12. The van der Waals surface area contributed by atoms with Gasteiger partial charge in [0.05, 0.1) is 5.92 Å². The molecule has 4 nitrogen and oxygen atoms in total. The summed E-state index contributed by atoms with van der Waals surface area (Å²) in [6.07, 6.45) is 8.12. The van der Waals surface area contributed by atoms with Gasteiger partial charge >= 0.3 is 5.97 Å². The zero-order chi connectivity index (χ0) is 19.0. The van der Waals surface area contributed by atoms with Crippen molar-refractivity contribution in [2.45, 2.75) is 59.4 Å². The van der Waals surface area contributed by atoms with Crippen molar-refractivity contribution in [1.29, 1.82) is 0 Å². The third kappa shape index (κ3) is 2.13. The molecule has 1 heterocycles. The first-order chi connectivity index (χ1) is 12.1. The van der Waals surface area contributed by atoms with E-state index in [9.17, 15) is 14.7 Å². The zero-order valence-electron chi connectivity index (χ0n) is 16.7. The maximum Gasteiger partial charge on any atom is 0.307 e. The fraction of sp³-hybridized carbons (Fsp3) is 0.818. The van der Waals surface area contributed by atoms with Crippen molar-refractivity contribution in [2.75, 3.05) is 7.05 Å². The molecule has 1 amide bonds. The van der Waals surface area contributed by atoms with Gasteiger partial charge in [-0.2, -0.15) is 0 Å². The first kappa shape index (κ1) is 18.1. The number of carboxylic acid groups (broad SMARTS) is 1. The smallest absolute Gasteiger partial charge is 0.307 e. The van der Waals surface area contributed by atoms with Crippen molar-refractivity contribution in [2.24, 2.45) is 46.3 Å². The Morgan fingerprint density at radius 3 is 2.54 bits per heavy atom. The lowest BCUT2D eigenvalue weighted by Gasteiger charge is -2.62. The van der Waals surface area contributed by atoms with Crippen LogP contribution in [0.3, 0.4) is 0 Å². The highest BCUT2D eigenvalue weighted by atomic mass is 16.4. The summed E-state index contributed by atoms with van der Waals surface area (Å²) in [4.78, 5) is 26.2. The van der Waals surface area contributed by atoms with Gasteiger partial charge in [0.1, 0.15) is 0 Å². The van der Waals surface area contributed by atoms with Crippen LogP contribution in [0, 0.1) is 46.3 Å². The molecule has 1 N–H and O–H groups in total. The number of carbonyl (C=O) groups is 2. The van der Waals surface area contributed by atoms with Crippen molar-refractivity contribution in [3.05, 3.63) is 12.2 Å². The second-order valence-corrected chi connectivity index (χ2v) is 10.2. The lowest BCUT2D eigenvalue weighted by atomic mass is 9.45. The molecule has 4 rings (SSSR count). The van der Waals surface area contributed by atoms with Crippen LogP contribution in [0.2, 0.25) is 0 Å². The maximum atomic E-state index is 12.2. The Hall–Kier alpha value is -1.32. The number of carboxylic acids is 1. The Labute approximate surface area is 157 Å². The third-order valence-electron chi connectivity index (χ3n) is 9.11. The number of likely N-dealkylation sites (N-methyl/N-ethyl adjacent to an activating group) is 1. The van der Waals surface area contributed by atoms with Crippen molar-refractivity contribution in [1.82, 2.24) is 4.90 Å². The molecule has 0 aromatic heterocycles. The van der Waals surface area contributed by atoms with E-state index in [0.29, 0.717) is 23.7 Å². The fourth-order valence-corrected chi connectivity index (χ4v) is 7.95. The minimum absolute atomic E-state index is 0.0196. The van der Waals surface area contributed by atoms with Gasteiger partial charge in [0.15, 0.2) is 0 Å². The molecule has 0 spiro atoms. The molecule has 9 atom stereocenters. The summed E-state index contributed by atoms with van der Waals surface area (Å²) in [7, 11) is 1.95. The molecule has 3 fully saturated rings. The van der Waals surface area contributed by atoms with Gasteiger partial charge in [-0.1, -0.05) is 33.8 Å². The summed E-state index contributed by atoms with van der Waals surface area (Å²) >= 11 is 0. The Kier molecular flexibility index (Phi) is 3.88. The molecule has 9 unspecified atom stereocenters. The van der Waals surface area contributed by atoms with Gasteiger partial charge < -0.3 is 10.0 Å². The van der Waals surface area contributed by atoms with Crippen LogP contribution < -0.4 is 0 Å². The molecule has 3 saturated carbocycles. The predicted molar refractivity (Wildman–Crippen MR) is 100 cm³/mol. The average molecular weight is 360 g/mol. The van der Waals surface area contributed by atoms with Crippen LogP contribution in [0.5, 0.6) is 0 Å². The third-order valence-corrected chi connectivity index (χ3v) is 9.11. The molecular weight excluding hydrogens is 326 g/mol. The highest BCUT2D eigenvalue weighted by Crippen LogP contribution is 2.67. The normalized spacial score (nSPS) is 53.0. The largest absolute Gasteiger partial charge is 0.481 e. The molecule has 1 aliphatic heterocycles. The van der Waals surface area contributed by atoms with Crippen molar-refractivity contribution < 1.29 is 14.7 Å². The number of amides is 1. The number of carbonyl (C=O) groups excluding carboxylic acids is 1. The van der Waals surface area contributed by atoms with Gasteiger partial charge in [0.2, 0.25) is 5.91 Å². The summed E-state index contributed by atoms with van der Waals surface area (Å²) in [5.74, 6) is 1.69. The van der Waals surface area contributed by atoms with E-state index in [-0.39, 0.29) is 34.6 Å². The summed E-state index contributed by atoms with van der Waals surface area (Å²) in [6.45, 7) is 9.08. The molecule has 0 bridgehead atoms. The molecule has 4 heteroatoms. The Balaban J connectivity index is 1.74. The predicted octanol–water partition coefficient (Wildman–Crippen LogP) is 3.82. The Bertz CT molecular complexity index is 672. The van der Waals surface area contributed by atoms with Crippen molar-refractivity contribution in [3.63, 3.8) is 0 Å². The van der Waals surface area contributed by atoms with E-state index in [1.165, 1.54) is 0 Å². The number of rotatable bonds is 1. The second-order valence-electron chi connectivity index (χ2n) is 10.2. The van der Waals surface area contributed by atoms with Gasteiger partial charge in [0, 0.05) is 18.5 Å². The molecule has 0 aromatic carbocycles. The molecular formula is C22H33NO3. The van der Waals surface area contributed by atoms with Crippen LogP contribution in [0.4, 0.5) is 0 Å². The van der Waals surface area contributed by atoms with Gasteiger partial charge in [-0.15, -0.1) is 0 Å². The standard InChI is InChI=1S/C22H33NO3/c1-12-11-16-21(3,9-7-17(24)23(16)5)14-6-8-22(4)15(18(12)14)10-13(2)19(22)20(25)26/h7,9,12-16,18-19H,6,8,10-11H2,1-5H3,(H,25,26). The number of aliphatic carboxylic acids is 1. The molecule has 0 aromatic rings. The van der Waals surface area contributed by atoms with Crippen LogP contribution in [0.15, 0.2) is 12.2 Å². The summed E-state index contributed by atoms with van der Waals surface area (Å²) < 4.78 is 0. The summed E-state index contributed by atoms with van der Waals surface area (Å²) in [5.41, 5.74) is -0.0598. The fourth-order valence-electron chi connectivity index (χ4n) is 7.95. The number of hydrogen-bond acceptors (Lipinski definition) is 2. The quantitative estimate of drug-likeness (QED) is 0.774. The maximum absolute atomic E-state index is 12.2. The van der Waals surface area contributed by atoms with E-state index in [1.807, 2.05) is 11.9 Å². The topological polar surface area (TPSA) is 57.6 Å². The zero-order valence-corrected chi connectivity index (χ0v) is 16.7. The van der Waals surface area contributed by atoms with E-state index in [1.54, 1.807) is 6.08 Å². The van der Waals surface area contributed by atoms with Gasteiger partial charge in [-0.3, -0.25) is 9.59 Å². The Morgan fingerprint density at radius 1 is 1.19 bits per heavy atom. The molecule has 144 valence electrons. The lowest BCUT2D eigenvalue weighted by Crippen LogP contribution is -2.61. The molecule has 3 aliphatic carbocycles. The minimum Gasteiger partial charge on any atom is -0.481 e.